The number of methoxy groups -OCH3 is 1. The van der Waals surface area contributed by atoms with Gasteiger partial charge in [0.1, 0.15) is 28.8 Å². The van der Waals surface area contributed by atoms with Crippen LogP contribution in [-0.4, -0.2) is 62.2 Å². The van der Waals surface area contributed by atoms with Crippen LogP contribution in [0.1, 0.15) is 35.1 Å². The highest BCUT2D eigenvalue weighted by Crippen LogP contribution is 2.35. The van der Waals surface area contributed by atoms with E-state index in [1.54, 1.807) is 41.0 Å². The van der Waals surface area contributed by atoms with Crippen LogP contribution < -0.4 is 15.9 Å². The maximum atomic E-state index is 13.4. The standard InChI is InChI=1S/C26H27N5O5/c1-16-11-18(12-23(32)31(16)17-6-7-17)36-19-14-28(15-19)26(34)21-13-20-24(29(21)9-10-35-2)27-22-5-3-4-8-30(22)25(20)33/h3-5,8,11-13,17,19H,6-7,9-10,14-15H2,1-2H3. The van der Waals surface area contributed by atoms with E-state index < -0.39 is 0 Å². The van der Waals surface area contributed by atoms with Gasteiger partial charge in [0.05, 0.1) is 25.1 Å². The third-order valence-corrected chi connectivity index (χ3v) is 6.90. The topological polar surface area (TPSA) is 100 Å². The Kier molecular flexibility index (Phi) is 5.40. The molecule has 2 fully saturated rings. The molecule has 0 unspecified atom stereocenters. The van der Waals surface area contributed by atoms with Gasteiger partial charge in [0, 0.05) is 37.7 Å². The summed E-state index contributed by atoms with van der Waals surface area (Å²) >= 11 is 0. The summed E-state index contributed by atoms with van der Waals surface area (Å²) in [5.74, 6) is 0.336. The van der Waals surface area contributed by atoms with E-state index in [1.165, 1.54) is 10.5 Å². The lowest BCUT2D eigenvalue weighted by Crippen LogP contribution is -2.56. The molecule has 1 saturated heterocycles. The Morgan fingerprint density at radius 2 is 1.94 bits per heavy atom. The van der Waals surface area contributed by atoms with Gasteiger partial charge < -0.3 is 23.5 Å². The molecule has 1 aliphatic heterocycles. The monoisotopic (exact) mass is 489 g/mol. The molecule has 0 bridgehead atoms. The summed E-state index contributed by atoms with van der Waals surface area (Å²) in [7, 11) is 1.59. The highest BCUT2D eigenvalue weighted by molar-refractivity contribution is 5.98. The third kappa shape index (κ3) is 3.78. The molecule has 1 amide bonds. The Hall–Kier alpha value is -3.92. The summed E-state index contributed by atoms with van der Waals surface area (Å²) in [6.45, 7) is 3.47. The number of aromatic nitrogens is 4. The van der Waals surface area contributed by atoms with Crippen LogP contribution in [0.25, 0.3) is 16.7 Å². The first kappa shape index (κ1) is 22.5. The average molecular weight is 490 g/mol. The van der Waals surface area contributed by atoms with Gasteiger partial charge in [-0.25, -0.2) is 4.98 Å². The number of amides is 1. The number of carbonyl (C=O) groups excluding carboxylic acids is 1. The van der Waals surface area contributed by atoms with E-state index in [0.717, 1.165) is 18.5 Å². The van der Waals surface area contributed by atoms with Crippen LogP contribution in [-0.2, 0) is 11.3 Å². The second-order valence-electron chi connectivity index (χ2n) is 9.48. The molecular formula is C26H27N5O5. The number of hydrogen-bond donors (Lipinski definition) is 0. The summed E-state index contributed by atoms with van der Waals surface area (Å²) in [6.07, 6.45) is 3.55. The van der Waals surface area contributed by atoms with Crippen molar-refractivity contribution in [2.75, 3.05) is 26.8 Å². The minimum Gasteiger partial charge on any atom is -0.486 e. The van der Waals surface area contributed by atoms with Crippen LogP contribution in [0.3, 0.4) is 0 Å². The molecule has 10 nitrogen and oxygen atoms in total. The van der Waals surface area contributed by atoms with Crippen molar-refractivity contribution >= 4 is 22.6 Å². The van der Waals surface area contributed by atoms with Crippen LogP contribution in [0.15, 0.2) is 52.2 Å². The number of pyridine rings is 2. The summed E-state index contributed by atoms with van der Waals surface area (Å²) in [6, 6.07) is 10.7. The van der Waals surface area contributed by atoms with Crippen molar-refractivity contribution in [1.29, 1.82) is 0 Å². The summed E-state index contributed by atoms with van der Waals surface area (Å²) in [5.41, 5.74) is 1.99. The Morgan fingerprint density at radius 3 is 2.67 bits per heavy atom. The van der Waals surface area contributed by atoms with Gasteiger partial charge in [-0.1, -0.05) is 6.07 Å². The lowest BCUT2D eigenvalue weighted by Gasteiger charge is -2.39. The smallest absolute Gasteiger partial charge is 0.270 e. The van der Waals surface area contributed by atoms with E-state index in [4.69, 9.17) is 9.47 Å². The molecular weight excluding hydrogens is 462 g/mol. The third-order valence-electron chi connectivity index (χ3n) is 6.90. The van der Waals surface area contributed by atoms with Crippen molar-refractivity contribution in [2.24, 2.45) is 0 Å². The summed E-state index contributed by atoms with van der Waals surface area (Å²) in [5, 5.41) is 0.387. The number of hydrogen-bond acceptors (Lipinski definition) is 6. The zero-order valence-electron chi connectivity index (χ0n) is 20.2. The van der Waals surface area contributed by atoms with Gasteiger partial charge in [-0.05, 0) is 44.0 Å². The second-order valence-corrected chi connectivity index (χ2v) is 9.48. The van der Waals surface area contributed by atoms with Crippen LogP contribution in [0.5, 0.6) is 5.75 Å². The molecule has 1 saturated carbocycles. The van der Waals surface area contributed by atoms with Crippen molar-refractivity contribution in [3.05, 3.63) is 74.7 Å². The average Bonchev–Trinajstić information content (AvgIpc) is 3.59. The molecule has 4 aromatic rings. The molecule has 10 heteroatoms. The number of fused-ring (bicyclic) bond motifs is 2. The molecule has 6 rings (SSSR count). The minimum atomic E-state index is -0.220. The van der Waals surface area contributed by atoms with E-state index >= 15 is 0 Å². The van der Waals surface area contributed by atoms with E-state index in [1.807, 2.05) is 23.6 Å². The summed E-state index contributed by atoms with van der Waals surface area (Å²) in [4.78, 5) is 45.3. The van der Waals surface area contributed by atoms with Gasteiger partial charge in [-0.15, -0.1) is 0 Å². The summed E-state index contributed by atoms with van der Waals surface area (Å²) < 4.78 is 16.3. The van der Waals surface area contributed by atoms with E-state index in [0.29, 0.717) is 60.4 Å². The van der Waals surface area contributed by atoms with E-state index in [2.05, 4.69) is 4.98 Å². The Balaban J connectivity index is 1.24. The number of ether oxygens (including phenoxy) is 2. The van der Waals surface area contributed by atoms with Crippen molar-refractivity contribution in [3.8, 4) is 5.75 Å². The second kappa shape index (κ2) is 8.63. The van der Waals surface area contributed by atoms with Crippen LogP contribution in [0.2, 0.25) is 0 Å². The lowest BCUT2D eigenvalue weighted by atomic mass is 10.1. The predicted octanol–water partition coefficient (Wildman–Crippen LogP) is 2.00. The highest BCUT2D eigenvalue weighted by atomic mass is 16.5. The Bertz CT molecular complexity index is 1610. The Labute approximate surface area is 206 Å². The number of rotatable bonds is 7. The molecule has 4 aromatic heterocycles. The molecule has 36 heavy (non-hydrogen) atoms. The van der Waals surface area contributed by atoms with Gasteiger partial charge in [-0.3, -0.25) is 18.8 Å². The van der Waals surface area contributed by atoms with E-state index in [-0.39, 0.29) is 23.1 Å². The number of likely N-dealkylation sites (tertiary alicyclic amines) is 1. The zero-order valence-corrected chi connectivity index (χ0v) is 20.2. The predicted molar refractivity (Wildman–Crippen MR) is 133 cm³/mol. The fourth-order valence-corrected chi connectivity index (χ4v) is 4.92. The van der Waals surface area contributed by atoms with Gasteiger partial charge in [-0.2, -0.15) is 0 Å². The first-order valence-corrected chi connectivity index (χ1v) is 12.1. The molecule has 0 N–H and O–H groups in total. The molecule has 0 aromatic carbocycles. The van der Waals surface area contributed by atoms with Crippen molar-refractivity contribution < 1.29 is 14.3 Å². The molecule has 0 spiro atoms. The largest absolute Gasteiger partial charge is 0.486 e. The maximum Gasteiger partial charge on any atom is 0.270 e. The minimum absolute atomic E-state index is 0.0476. The fourth-order valence-electron chi connectivity index (χ4n) is 4.92. The Morgan fingerprint density at radius 1 is 1.14 bits per heavy atom. The number of carbonyl (C=O) groups is 1. The molecule has 186 valence electrons. The first-order chi connectivity index (χ1) is 17.4. The van der Waals surface area contributed by atoms with Gasteiger partial charge in [0.15, 0.2) is 0 Å². The highest BCUT2D eigenvalue weighted by Gasteiger charge is 2.35. The van der Waals surface area contributed by atoms with E-state index in [9.17, 15) is 14.4 Å². The molecule has 1 aliphatic carbocycles. The zero-order chi connectivity index (χ0) is 25.0. The maximum absolute atomic E-state index is 13.4. The molecule has 5 heterocycles. The molecule has 2 aliphatic rings. The molecule has 0 radical (unpaired) electrons. The van der Waals surface area contributed by atoms with Gasteiger partial charge >= 0.3 is 0 Å². The lowest BCUT2D eigenvalue weighted by molar-refractivity contribution is 0.0168. The SMILES string of the molecule is COCCn1c(C(=O)N2CC(Oc3cc(C)n(C4CC4)c(=O)c3)C2)cc2c(=O)n3ccccc3nc21. The quantitative estimate of drug-likeness (QED) is 0.394. The van der Waals surface area contributed by atoms with Crippen molar-refractivity contribution in [2.45, 2.75) is 38.5 Å². The van der Waals surface area contributed by atoms with Gasteiger partial charge in [0.25, 0.3) is 17.0 Å². The molecule has 0 atom stereocenters. The van der Waals surface area contributed by atoms with Gasteiger partial charge in [0.2, 0.25) is 0 Å². The van der Waals surface area contributed by atoms with Crippen molar-refractivity contribution in [3.63, 3.8) is 0 Å². The van der Waals surface area contributed by atoms with Crippen LogP contribution in [0, 0.1) is 6.92 Å². The first-order valence-electron chi connectivity index (χ1n) is 12.1. The van der Waals surface area contributed by atoms with Crippen LogP contribution in [0.4, 0.5) is 0 Å². The van der Waals surface area contributed by atoms with Crippen LogP contribution >= 0.6 is 0 Å². The number of aryl methyl sites for hydroxylation is 1. The van der Waals surface area contributed by atoms with Crippen molar-refractivity contribution in [1.82, 2.24) is 23.4 Å². The fraction of sp³-hybridized carbons (Fsp3) is 0.385. The number of nitrogens with zero attached hydrogens (tertiary/aromatic N) is 5. The normalized spacial score (nSPS) is 16.0.